The van der Waals surface area contributed by atoms with Gasteiger partial charge in [-0.1, -0.05) is 23.7 Å². The number of ether oxygens (including phenoxy) is 3. The lowest BCUT2D eigenvalue weighted by molar-refractivity contribution is -0.158. The molecule has 6 nitrogen and oxygen atoms in total. The van der Waals surface area contributed by atoms with Gasteiger partial charge in [-0.2, -0.15) is 0 Å². The molecule has 0 unspecified atom stereocenters. The van der Waals surface area contributed by atoms with Gasteiger partial charge in [0.05, 0.1) is 26.4 Å². The molecule has 0 aliphatic carbocycles. The van der Waals surface area contributed by atoms with Crippen LogP contribution in [0, 0.1) is 0 Å². The number of amides is 1. The Balaban J connectivity index is 1.63. The van der Waals surface area contributed by atoms with Crippen molar-refractivity contribution in [2.75, 3.05) is 33.0 Å². The Bertz CT molecular complexity index is 850. The van der Waals surface area contributed by atoms with Crippen molar-refractivity contribution in [3.05, 3.63) is 47.0 Å². The molecule has 2 heterocycles. The standard InChI is InChI=1S/C20H20ClNO5/c21-16-3-1-2-13(9-16)14-8-15-11-22(4-5-27-19(15)17(23)10-14)20(24)18-12-25-6-7-26-18/h1-3,8-10,18,23H,4-7,11-12H2/t18-/m0/s1. The van der Waals surface area contributed by atoms with Gasteiger partial charge < -0.3 is 24.2 Å². The molecule has 27 heavy (non-hydrogen) atoms. The first-order valence-electron chi connectivity index (χ1n) is 8.84. The van der Waals surface area contributed by atoms with Crippen LogP contribution in [-0.2, 0) is 20.8 Å². The van der Waals surface area contributed by atoms with E-state index in [1.807, 2.05) is 24.3 Å². The molecule has 0 aromatic heterocycles. The molecular formula is C20H20ClNO5. The number of phenols is 1. The van der Waals surface area contributed by atoms with Crippen molar-refractivity contribution in [3.8, 4) is 22.6 Å². The van der Waals surface area contributed by atoms with Crippen LogP contribution in [0.2, 0.25) is 5.02 Å². The van der Waals surface area contributed by atoms with Gasteiger partial charge in [0.2, 0.25) is 0 Å². The minimum atomic E-state index is -0.593. The zero-order chi connectivity index (χ0) is 18.8. The number of fused-ring (bicyclic) bond motifs is 1. The van der Waals surface area contributed by atoms with E-state index in [0.29, 0.717) is 43.7 Å². The number of aromatic hydroxyl groups is 1. The molecule has 142 valence electrons. The fourth-order valence-electron chi connectivity index (χ4n) is 3.36. The molecule has 2 aromatic rings. The van der Waals surface area contributed by atoms with Gasteiger partial charge in [0.1, 0.15) is 6.61 Å². The maximum absolute atomic E-state index is 12.8. The lowest BCUT2D eigenvalue weighted by Crippen LogP contribution is -2.45. The summed E-state index contributed by atoms with van der Waals surface area (Å²) >= 11 is 6.09. The van der Waals surface area contributed by atoms with Crippen molar-refractivity contribution >= 4 is 17.5 Å². The van der Waals surface area contributed by atoms with Gasteiger partial charge in [0.15, 0.2) is 17.6 Å². The molecule has 0 bridgehead atoms. The topological polar surface area (TPSA) is 68.2 Å². The molecule has 2 aromatic carbocycles. The van der Waals surface area contributed by atoms with Crippen LogP contribution in [0.4, 0.5) is 0 Å². The van der Waals surface area contributed by atoms with E-state index in [1.165, 1.54) is 0 Å². The largest absolute Gasteiger partial charge is 0.504 e. The first kappa shape index (κ1) is 18.1. The molecule has 1 N–H and O–H groups in total. The van der Waals surface area contributed by atoms with Crippen LogP contribution < -0.4 is 4.74 Å². The van der Waals surface area contributed by atoms with E-state index < -0.39 is 6.10 Å². The average molecular weight is 390 g/mol. The monoisotopic (exact) mass is 389 g/mol. The molecule has 7 heteroatoms. The predicted octanol–water partition coefficient (Wildman–Crippen LogP) is 2.85. The van der Waals surface area contributed by atoms with Crippen LogP contribution in [0.5, 0.6) is 11.5 Å². The zero-order valence-electron chi connectivity index (χ0n) is 14.7. The Morgan fingerprint density at radius 2 is 2.04 bits per heavy atom. The summed E-state index contributed by atoms with van der Waals surface area (Å²) in [5.74, 6) is 0.338. The fraction of sp³-hybridized carbons (Fsp3) is 0.350. The molecule has 2 aliphatic rings. The van der Waals surface area contributed by atoms with Crippen molar-refractivity contribution in [2.45, 2.75) is 12.6 Å². The van der Waals surface area contributed by atoms with Crippen molar-refractivity contribution in [2.24, 2.45) is 0 Å². The summed E-state index contributed by atoms with van der Waals surface area (Å²) in [7, 11) is 0. The SMILES string of the molecule is O=C([C@@H]1COCCO1)N1CCOc2c(O)cc(-c3cccc(Cl)c3)cc2C1. The Hall–Kier alpha value is -2.28. The van der Waals surface area contributed by atoms with Crippen molar-refractivity contribution in [1.29, 1.82) is 0 Å². The third kappa shape index (κ3) is 3.88. The van der Waals surface area contributed by atoms with E-state index in [4.69, 9.17) is 25.8 Å². The molecule has 1 saturated heterocycles. The second kappa shape index (κ2) is 7.76. The van der Waals surface area contributed by atoms with Gasteiger partial charge in [-0.15, -0.1) is 0 Å². The first-order chi connectivity index (χ1) is 13.1. The van der Waals surface area contributed by atoms with E-state index in [2.05, 4.69) is 0 Å². The molecular weight excluding hydrogens is 370 g/mol. The summed E-state index contributed by atoms with van der Waals surface area (Å²) in [6.45, 7) is 2.23. The number of hydrogen-bond acceptors (Lipinski definition) is 5. The van der Waals surface area contributed by atoms with E-state index >= 15 is 0 Å². The Kier molecular flexibility index (Phi) is 5.20. The van der Waals surface area contributed by atoms with E-state index in [1.54, 1.807) is 17.0 Å². The van der Waals surface area contributed by atoms with Crippen LogP contribution in [0.1, 0.15) is 5.56 Å². The van der Waals surface area contributed by atoms with Crippen LogP contribution in [0.3, 0.4) is 0 Å². The highest BCUT2D eigenvalue weighted by molar-refractivity contribution is 6.30. The smallest absolute Gasteiger partial charge is 0.254 e. The maximum Gasteiger partial charge on any atom is 0.254 e. The molecule has 1 atom stereocenters. The number of halogens is 1. The molecule has 2 aliphatic heterocycles. The molecule has 0 radical (unpaired) electrons. The van der Waals surface area contributed by atoms with Crippen LogP contribution in [0.15, 0.2) is 36.4 Å². The highest BCUT2D eigenvalue weighted by atomic mass is 35.5. The lowest BCUT2D eigenvalue weighted by atomic mass is 10.0. The van der Waals surface area contributed by atoms with Crippen molar-refractivity contribution in [1.82, 2.24) is 4.90 Å². The number of hydrogen-bond donors (Lipinski definition) is 1. The van der Waals surface area contributed by atoms with Gasteiger partial charge >= 0.3 is 0 Å². The lowest BCUT2D eigenvalue weighted by Gasteiger charge is -2.28. The van der Waals surface area contributed by atoms with Gasteiger partial charge in [-0.05, 0) is 35.4 Å². The van der Waals surface area contributed by atoms with Crippen molar-refractivity contribution < 1.29 is 24.1 Å². The number of benzene rings is 2. The third-order valence-electron chi connectivity index (χ3n) is 4.68. The average Bonchev–Trinajstić information content (AvgIpc) is 2.91. The molecule has 1 fully saturated rings. The number of phenolic OH excluding ortho intramolecular Hbond substituents is 1. The molecule has 0 spiro atoms. The van der Waals surface area contributed by atoms with Gasteiger partial charge in [-0.3, -0.25) is 4.79 Å². The molecule has 4 rings (SSSR count). The van der Waals surface area contributed by atoms with Gasteiger partial charge in [0.25, 0.3) is 5.91 Å². The number of carbonyl (C=O) groups excluding carboxylic acids is 1. The van der Waals surface area contributed by atoms with Crippen LogP contribution in [0.25, 0.3) is 11.1 Å². The van der Waals surface area contributed by atoms with Gasteiger partial charge in [-0.25, -0.2) is 0 Å². The van der Waals surface area contributed by atoms with Crippen molar-refractivity contribution in [3.63, 3.8) is 0 Å². The van der Waals surface area contributed by atoms with E-state index in [9.17, 15) is 9.90 Å². The van der Waals surface area contributed by atoms with Crippen LogP contribution in [-0.4, -0.2) is 55.0 Å². The Labute approximate surface area is 162 Å². The number of nitrogens with zero attached hydrogens (tertiary/aromatic N) is 1. The molecule has 0 saturated carbocycles. The number of carbonyl (C=O) groups is 1. The summed E-state index contributed by atoms with van der Waals surface area (Å²) in [6.07, 6.45) is -0.593. The Morgan fingerprint density at radius 3 is 2.81 bits per heavy atom. The van der Waals surface area contributed by atoms with Gasteiger partial charge in [0, 0.05) is 17.1 Å². The minimum Gasteiger partial charge on any atom is -0.504 e. The summed E-state index contributed by atoms with van der Waals surface area (Å²) in [4.78, 5) is 14.5. The highest BCUT2D eigenvalue weighted by Crippen LogP contribution is 2.38. The first-order valence-corrected chi connectivity index (χ1v) is 9.22. The fourth-order valence-corrected chi connectivity index (χ4v) is 3.55. The zero-order valence-corrected chi connectivity index (χ0v) is 15.4. The summed E-state index contributed by atoms with van der Waals surface area (Å²) in [5.41, 5.74) is 2.43. The normalized spacial score (nSPS) is 19.7. The molecule has 1 amide bonds. The van der Waals surface area contributed by atoms with E-state index in [0.717, 1.165) is 16.7 Å². The third-order valence-corrected chi connectivity index (χ3v) is 4.91. The summed E-state index contributed by atoms with van der Waals surface area (Å²) in [6, 6.07) is 11.0. The minimum absolute atomic E-state index is 0.0500. The second-order valence-electron chi connectivity index (χ2n) is 6.54. The number of rotatable bonds is 2. The quantitative estimate of drug-likeness (QED) is 0.855. The summed E-state index contributed by atoms with van der Waals surface area (Å²) in [5, 5.41) is 11.1. The van der Waals surface area contributed by atoms with Crippen LogP contribution >= 0.6 is 11.6 Å². The highest BCUT2D eigenvalue weighted by Gasteiger charge is 2.30. The Morgan fingerprint density at radius 1 is 1.15 bits per heavy atom. The second-order valence-corrected chi connectivity index (χ2v) is 6.97. The van der Waals surface area contributed by atoms with E-state index in [-0.39, 0.29) is 18.3 Å². The maximum atomic E-state index is 12.8. The predicted molar refractivity (Wildman–Crippen MR) is 100 cm³/mol. The summed E-state index contributed by atoms with van der Waals surface area (Å²) < 4.78 is 16.6.